The van der Waals surface area contributed by atoms with Crippen molar-refractivity contribution in [2.24, 2.45) is 22.7 Å². The fourth-order valence-corrected chi connectivity index (χ4v) is 7.33. The van der Waals surface area contributed by atoms with Crippen LogP contribution in [0.3, 0.4) is 0 Å². The van der Waals surface area contributed by atoms with Crippen LogP contribution in [0.4, 0.5) is 0 Å². The van der Waals surface area contributed by atoms with Crippen LogP contribution in [0.5, 0.6) is 11.5 Å². The first-order valence-corrected chi connectivity index (χ1v) is 10.7. The normalized spacial score (nSPS) is 42.1. The smallest absolute Gasteiger partial charge is 0.255 e. The molecule has 2 saturated carbocycles. The summed E-state index contributed by atoms with van der Waals surface area (Å²) in [4.78, 5) is 12.5. The summed E-state index contributed by atoms with van der Waals surface area (Å²) in [6.07, 6.45) is 1.25. The van der Waals surface area contributed by atoms with E-state index in [4.69, 9.17) is 4.74 Å². The lowest BCUT2D eigenvalue weighted by atomic mass is 9.43. The maximum absolute atomic E-state index is 12.5. The highest BCUT2D eigenvalue weighted by atomic mass is 16.5. The maximum Gasteiger partial charge on any atom is 0.255 e. The number of carbonyl (C=O) groups excluding carboxylic acids is 1. The van der Waals surface area contributed by atoms with E-state index in [1.807, 2.05) is 13.8 Å². The van der Waals surface area contributed by atoms with Gasteiger partial charge in [0.25, 0.3) is 5.91 Å². The number of nitrogens with one attached hydrogen (secondary N) is 1. The zero-order chi connectivity index (χ0) is 20.9. The number of phenolic OH excluding ortho intramolecular Hbond substituents is 1. The van der Waals surface area contributed by atoms with Gasteiger partial charge in [-0.15, -0.1) is 0 Å². The summed E-state index contributed by atoms with van der Waals surface area (Å²) in [5.74, 6) is 0.887. The zero-order valence-corrected chi connectivity index (χ0v) is 17.6. The standard InChI is InChI=1S/C23H31NO5/c1-11-5-6-16-21(2,3)19(27)15(26)9-22(16,4)23(11)8-13-14(25)7-12-10-24-20(28)17(12)18(13)29-23/h7,11,15-16,19,25-27H,5-6,8-10H2,1-4H3,(H,24,28)/t11-,15-,16+,19-,22+,23-/m1/s1. The molecule has 4 aliphatic rings. The molecule has 1 aromatic rings. The number of aromatic hydroxyl groups is 1. The third kappa shape index (κ3) is 2.17. The van der Waals surface area contributed by atoms with E-state index in [0.717, 1.165) is 18.4 Å². The predicted molar refractivity (Wildman–Crippen MR) is 107 cm³/mol. The fraction of sp³-hybridized carbons (Fsp3) is 0.696. The average Bonchev–Trinajstić information content (AvgIpc) is 3.21. The molecule has 1 aromatic carbocycles. The van der Waals surface area contributed by atoms with Crippen LogP contribution in [-0.4, -0.2) is 39.0 Å². The number of ether oxygens (including phenoxy) is 1. The second kappa shape index (κ2) is 5.67. The van der Waals surface area contributed by atoms with Crippen LogP contribution in [0, 0.1) is 22.7 Å². The Labute approximate surface area is 171 Å². The Morgan fingerprint density at radius 1 is 1.21 bits per heavy atom. The molecule has 0 saturated heterocycles. The summed E-state index contributed by atoms with van der Waals surface area (Å²) >= 11 is 0. The Morgan fingerprint density at radius 3 is 2.66 bits per heavy atom. The summed E-state index contributed by atoms with van der Waals surface area (Å²) in [7, 11) is 0. The molecule has 29 heavy (non-hydrogen) atoms. The number of amides is 1. The van der Waals surface area contributed by atoms with Crippen LogP contribution < -0.4 is 10.1 Å². The number of carbonyl (C=O) groups is 1. The van der Waals surface area contributed by atoms with Gasteiger partial charge in [-0.2, -0.15) is 0 Å². The molecule has 2 fully saturated rings. The van der Waals surface area contributed by atoms with Gasteiger partial charge in [-0.3, -0.25) is 4.79 Å². The Kier molecular flexibility index (Phi) is 3.75. The van der Waals surface area contributed by atoms with Gasteiger partial charge in [0.05, 0.1) is 17.8 Å². The van der Waals surface area contributed by atoms with Crippen molar-refractivity contribution in [3.63, 3.8) is 0 Å². The summed E-state index contributed by atoms with van der Waals surface area (Å²) in [6, 6.07) is 1.69. The maximum atomic E-state index is 12.5. The molecule has 2 heterocycles. The van der Waals surface area contributed by atoms with Crippen LogP contribution in [0.2, 0.25) is 0 Å². The number of hydrogen-bond donors (Lipinski definition) is 4. The van der Waals surface area contributed by atoms with Crippen LogP contribution in [0.25, 0.3) is 0 Å². The van der Waals surface area contributed by atoms with Crippen molar-refractivity contribution >= 4 is 5.91 Å². The van der Waals surface area contributed by atoms with Gasteiger partial charge in [0.15, 0.2) is 0 Å². The van der Waals surface area contributed by atoms with Crippen molar-refractivity contribution in [3.05, 3.63) is 22.8 Å². The minimum Gasteiger partial charge on any atom is -0.508 e. The molecule has 0 bridgehead atoms. The number of aliphatic hydroxyl groups is 2. The minimum atomic E-state index is -0.830. The molecule has 4 N–H and O–H groups in total. The van der Waals surface area contributed by atoms with E-state index in [1.54, 1.807) is 6.07 Å². The van der Waals surface area contributed by atoms with Crippen molar-refractivity contribution in [1.29, 1.82) is 0 Å². The average molecular weight is 402 g/mol. The lowest BCUT2D eigenvalue weighted by Crippen LogP contribution is -2.69. The number of rotatable bonds is 0. The SMILES string of the molecule is C[C@@H]1CC[C@H]2C(C)(C)[C@H](O)[C@H](O)C[C@]2(C)[C@@]12Cc1c(O)cc3c(c1O2)C(=O)NC3. The van der Waals surface area contributed by atoms with E-state index in [9.17, 15) is 20.1 Å². The Hall–Kier alpha value is -1.79. The van der Waals surface area contributed by atoms with Crippen LogP contribution >= 0.6 is 0 Å². The van der Waals surface area contributed by atoms with Crippen molar-refractivity contribution in [1.82, 2.24) is 5.32 Å². The molecule has 1 amide bonds. The fourth-order valence-electron chi connectivity index (χ4n) is 7.33. The minimum absolute atomic E-state index is 0.155. The molecule has 5 rings (SSSR count). The van der Waals surface area contributed by atoms with E-state index in [1.165, 1.54) is 0 Å². The molecular formula is C23H31NO5. The van der Waals surface area contributed by atoms with Crippen molar-refractivity contribution < 1.29 is 24.9 Å². The molecule has 1 spiro atoms. The Morgan fingerprint density at radius 2 is 1.93 bits per heavy atom. The highest BCUT2D eigenvalue weighted by Gasteiger charge is 2.68. The number of aliphatic hydroxyl groups excluding tert-OH is 2. The third-order valence-electron chi connectivity index (χ3n) is 8.91. The van der Waals surface area contributed by atoms with E-state index >= 15 is 0 Å². The third-order valence-corrected chi connectivity index (χ3v) is 8.91. The van der Waals surface area contributed by atoms with E-state index in [2.05, 4.69) is 19.2 Å². The molecular weight excluding hydrogens is 370 g/mol. The molecule has 0 aromatic heterocycles. The first-order chi connectivity index (χ1) is 13.5. The van der Waals surface area contributed by atoms with Crippen LogP contribution in [0.1, 0.15) is 68.4 Å². The van der Waals surface area contributed by atoms with Gasteiger partial charge in [0.2, 0.25) is 0 Å². The summed E-state index contributed by atoms with van der Waals surface area (Å²) < 4.78 is 6.78. The molecule has 0 unspecified atom stereocenters. The molecule has 6 atom stereocenters. The second-order valence-corrected chi connectivity index (χ2v) is 10.6. The predicted octanol–water partition coefficient (Wildman–Crippen LogP) is 2.51. The van der Waals surface area contributed by atoms with Gasteiger partial charge in [0, 0.05) is 23.9 Å². The quantitative estimate of drug-likeness (QED) is 0.535. The molecule has 6 nitrogen and oxygen atoms in total. The van der Waals surface area contributed by atoms with E-state index < -0.39 is 28.6 Å². The first kappa shape index (κ1) is 19.2. The number of fused-ring (bicyclic) bond motifs is 5. The van der Waals surface area contributed by atoms with E-state index in [0.29, 0.717) is 36.3 Å². The van der Waals surface area contributed by atoms with Crippen LogP contribution in [0.15, 0.2) is 6.07 Å². The van der Waals surface area contributed by atoms with Crippen molar-refractivity contribution in [3.8, 4) is 11.5 Å². The van der Waals surface area contributed by atoms with Gasteiger partial charge < -0.3 is 25.4 Å². The summed E-state index contributed by atoms with van der Waals surface area (Å²) in [5, 5.41) is 35.1. The lowest BCUT2D eigenvalue weighted by molar-refractivity contribution is -0.240. The lowest BCUT2D eigenvalue weighted by Gasteiger charge is -2.64. The van der Waals surface area contributed by atoms with Gasteiger partial charge in [-0.1, -0.05) is 27.7 Å². The summed E-state index contributed by atoms with van der Waals surface area (Å²) in [6.45, 7) is 8.83. The molecule has 0 radical (unpaired) electrons. The van der Waals surface area contributed by atoms with Gasteiger partial charge in [-0.25, -0.2) is 0 Å². The highest BCUT2D eigenvalue weighted by Crippen LogP contribution is 2.67. The Balaban J connectivity index is 1.67. The van der Waals surface area contributed by atoms with Crippen molar-refractivity contribution in [2.45, 2.75) is 77.7 Å². The van der Waals surface area contributed by atoms with Gasteiger partial charge >= 0.3 is 0 Å². The monoisotopic (exact) mass is 401 g/mol. The topological polar surface area (TPSA) is 99.0 Å². The largest absolute Gasteiger partial charge is 0.508 e. The first-order valence-electron chi connectivity index (χ1n) is 10.7. The molecule has 2 aliphatic heterocycles. The van der Waals surface area contributed by atoms with E-state index in [-0.39, 0.29) is 23.5 Å². The van der Waals surface area contributed by atoms with Crippen LogP contribution in [-0.2, 0) is 13.0 Å². The molecule has 158 valence electrons. The van der Waals surface area contributed by atoms with Crippen molar-refractivity contribution in [2.75, 3.05) is 0 Å². The number of phenols is 1. The summed E-state index contributed by atoms with van der Waals surface area (Å²) in [5.41, 5.74) is 0.523. The van der Waals surface area contributed by atoms with Gasteiger partial charge in [-0.05, 0) is 48.1 Å². The zero-order valence-electron chi connectivity index (χ0n) is 17.6. The van der Waals surface area contributed by atoms with Gasteiger partial charge in [0.1, 0.15) is 17.1 Å². The Bertz CT molecular complexity index is 911. The number of benzene rings is 1. The molecule has 2 aliphatic carbocycles. The highest BCUT2D eigenvalue weighted by molar-refractivity contribution is 6.02. The molecule has 6 heteroatoms. The second-order valence-electron chi connectivity index (χ2n) is 10.6. The number of hydrogen-bond acceptors (Lipinski definition) is 5.